The number of hydrogen-bond donors (Lipinski definition) is 2. The van der Waals surface area contributed by atoms with Crippen molar-refractivity contribution in [3.05, 3.63) is 33.9 Å². The standard InChI is InChI=1S/C23H29NO7/c1-12-17-10-30-22(28)18(17)20(31-14(3)25)16(19(12)29-5)7-6-15-8-9-24-11-23(15,4)13(2)21(26)27/h6,13,24H,7-11H2,1-5H3,(H,26,27)/b15-6+/t13?,23-/m0/s1. The van der Waals surface area contributed by atoms with E-state index in [9.17, 15) is 19.5 Å². The monoisotopic (exact) mass is 431 g/mol. The second-order valence-electron chi connectivity index (χ2n) is 8.33. The van der Waals surface area contributed by atoms with Crippen molar-refractivity contribution in [2.24, 2.45) is 11.3 Å². The molecule has 8 nitrogen and oxygen atoms in total. The zero-order valence-electron chi connectivity index (χ0n) is 18.6. The van der Waals surface area contributed by atoms with Crippen LogP contribution in [0.15, 0.2) is 11.6 Å². The van der Waals surface area contributed by atoms with Crippen molar-refractivity contribution in [2.75, 3.05) is 20.2 Å². The lowest BCUT2D eigenvalue weighted by atomic mass is 9.69. The molecule has 1 unspecified atom stereocenters. The maximum Gasteiger partial charge on any atom is 0.342 e. The molecule has 2 atom stereocenters. The molecular weight excluding hydrogens is 402 g/mol. The van der Waals surface area contributed by atoms with E-state index >= 15 is 0 Å². The maximum absolute atomic E-state index is 12.4. The van der Waals surface area contributed by atoms with E-state index in [4.69, 9.17) is 14.2 Å². The van der Waals surface area contributed by atoms with Crippen LogP contribution in [0.4, 0.5) is 0 Å². The fourth-order valence-electron chi connectivity index (χ4n) is 4.50. The number of fused-ring (bicyclic) bond motifs is 1. The van der Waals surface area contributed by atoms with Gasteiger partial charge >= 0.3 is 17.9 Å². The average molecular weight is 431 g/mol. The van der Waals surface area contributed by atoms with Crippen molar-refractivity contribution < 1.29 is 33.7 Å². The number of aliphatic carboxylic acids is 1. The maximum atomic E-state index is 12.4. The molecule has 31 heavy (non-hydrogen) atoms. The zero-order chi connectivity index (χ0) is 22.9. The van der Waals surface area contributed by atoms with Crippen molar-refractivity contribution in [3.63, 3.8) is 0 Å². The fourth-order valence-corrected chi connectivity index (χ4v) is 4.50. The minimum Gasteiger partial charge on any atom is -0.496 e. The van der Waals surface area contributed by atoms with Crippen molar-refractivity contribution in [1.29, 1.82) is 0 Å². The highest BCUT2D eigenvalue weighted by atomic mass is 16.6. The predicted molar refractivity (Wildman–Crippen MR) is 112 cm³/mol. The Balaban J connectivity index is 2.13. The number of piperidine rings is 1. The summed E-state index contributed by atoms with van der Waals surface area (Å²) in [5.74, 6) is -1.83. The molecule has 1 saturated heterocycles. The van der Waals surface area contributed by atoms with Gasteiger partial charge in [0.1, 0.15) is 17.9 Å². The van der Waals surface area contributed by atoms with Gasteiger partial charge in [0, 0.05) is 30.0 Å². The molecule has 0 spiro atoms. The quantitative estimate of drug-likeness (QED) is 0.402. The summed E-state index contributed by atoms with van der Waals surface area (Å²) >= 11 is 0. The fraction of sp³-hybridized carbons (Fsp3) is 0.522. The van der Waals surface area contributed by atoms with Gasteiger partial charge in [0.05, 0.1) is 13.0 Å². The lowest BCUT2D eigenvalue weighted by molar-refractivity contribution is -0.144. The summed E-state index contributed by atoms with van der Waals surface area (Å²) in [6.45, 7) is 8.18. The third-order valence-electron chi connectivity index (χ3n) is 6.55. The van der Waals surface area contributed by atoms with Gasteiger partial charge in [-0.2, -0.15) is 0 Å². The second-order valence-corrected chi connectivity index (χ2v) is 8.33. The Kier molecular flexibility index (Phi) is 6.40. The second kappa shape index (κ2) is 8.70. The SMILES string of the molecule is COc1c(C)c2c(c(OC(C)=O)c1C/C=C1\CCNC[C@@]1(C)C(C)C(=O)O)C(=O)OC2. The van der Waals surface area contributed by atoms with E-state index in [1.807, 2.05) is 19.9 Å². The Hall–Kier alpha value is -2.87. The zero-order valence-corrected chi connectivity index (χ0v) is 18.6. The molecule has 0 aromatic heterocycles. The molecule has 3 rings (SSSR count). The van der Waals surface area contributed by atoms with E-state index in [0.29, 0.717) is 36.3 Å². The van der Waals surface area contributed by atoms with Crippen molar-refractivity contribution in [1.82, 2.24) is 5.32 Å². The van der Waals surface area contributed by atoms with E-state index in [0.717, 1.165) is 17.7 Å². The molecule has 2 N–H and O–H groups in total. The van der Waals surface area contributed by atoms with Crippen LogP contribution >= 0.6 is 0 Å². The molecule has 0 radical (unpaired) electrons. The molecule has 2 aliphatic heterocycles. The number of rotatable bonds is 6. The Morgan fingerprint density at radius 3 is 2.68 bits per heavy atom. The molecular formula is C23H29NO7. The van der Waals surface area contributed by atoms with Gasteiger partial charge in [0.25, 0.3) is 0 Å². The summed E-state index contributed by atoms with van der Waals surface area (Å²) in [7, 11) is 1.53. The number of benzene rings is 1. The van der Waals surface area contributed by atoms with E-state index in [1.54, 1.807) is 6.92 Å². The number of cyclic esters (lactones) is 1. The summed E-state index contributed by atoms with van der Waals surface area (Å²) < 4.78 is 16.3. The lowest BCUT2D eigenvalue weighted by Gasteiger charge is -2.40. The van der Waals surface area contributed by atoms with Crippen LogP contribution in [0.3, 0.4) is 0 Å². The minimum atomic E-state index is -0.855. The Morgan fingerprint density at radius 2 is 2.06 bits per heavy atom. The third-order valence-corrected chi connectivity index (χ3v) is 6.55. The Labute approximate surface area is 181 Å². The molecule has 1 aromatic carbocycles. The van der Waals surface area contributed by atoms with Crippen LogP contribution in [-0.4, -0.2) is 43.2 Å². The number of allylic oxidation sites excluding steroid dienone is 1. The summed E-state index contributed by atoms with van der Waals surface area (Å²) in [5, 5.41) is 12.9. The molecule has 168 valence electrons. The lowest BCUT2D eigenvalue weighted by Crippen LogP contribution is -2.46. The summed E-state index contributed by atoms with van der Waals surface area (Å²) in [6, 6.07) is 0. The first-order valence-corrected chi connectivity index (χ1v) is 10.3. The largest absolute Gasteiger partial charge is 0.496 e. The van der Waals surface area contributed by atoms with E-state index < -0.39 is 29.2 Å². The van der Waals surface area contributed by atoms with Crippen LogP contribution < -0.4 is 14.8 Å². The molecule has 0 bridgehead atoms. The first-order valence-electron chi connectivity index (χ1n) is 10.3. The summed E-state index contributed by atoms with van der Waals surface area (Å²) in [6.07, 6.45) is 3.01. The van der Waals surface area contributed by atoms with Gasteiger partial charge < -0.3 is 24.6 Å². The highest BCUT2D eigenvalue weighted by Gasteiger charge is 2.41. The van der Waals surface area contributed by atoms with E-state index in [-0.39, 0.29) is 17.9 Å². The van der Waals surface area contributed by atoms with Gasteiger partial charge in [-0.25, -0.2) is 4.79 Å². The highest BCUT2D eigenvalue weighted by molar-refractivity contribution is 5.99. The summed E-state index contributed by atoms with van der Waals surface area (Å²) in [5.41, 5.74) is 2.69. The van der Waals surface area contributed by atoms with Gasteiger partial charge in [0.2, 0.25) is 0 Å². The van der Waals surface area contributed by atoms with E-state index in [1.165, 1.54) is 14.0 Å². The van der Waals surface area contributed by atoms with Crippen molar-refractivity contribution in [3.8, 4) is 11.5 Å². The predicted octanol–water partition coefficient (Wildman–Crippen LogP) is 2.79. The molecule has 2 heterocycles. The van der Waals surface area contributed by atoms with Crippen LogP contribution in [0.5, 0.6) is 11.5 Å². The molecule has 1 aromatic rings. The smallest absolute Gasteiger partial charge is 0.342 e. The van der Waals surface area contributed by atoms with Crippen LogP contribution in [0.25, 0.3) is 0 Å². The number of carbonyl (C=O) groups excluding carboxylic acids is 2. The van der Waals surface area contributed by atoms with Gasteiger partial charge in [-0.3, -0.25) is 9.59 Å². The van der Waals surface area contributed by atoms with Crippen LogP contribution in [0, 0.1) is 18.3 Å². The third kappa shape index (κ3) is 4.04. The van der Waals surface area contributed by atoms with Crippen molar-refractivity contribution >= 4 is 17.9 Å². The minimum absolute atomic E-state index is 0.103. The average Bonchev–Trinajstić information content (AvgIpc) is 3.10. The van der Waals surface area contributed by atoms with Crippen LogP contribution in [0.1, 0.15) is 54.2 Å². The van der Waals surface area contributed by atoms with E-state index in [2.05, 4.69) is 5.32 Å². The Morgan fingerprint density at radius 1 is 1.35 bits per heavy atom. The number of carbonyl (C=O) groups is 3. The molecule has 0 saturated carbocycles. The molecule has 0 aliphatic carbocycles. The van der Waals surface area contributed by atoms with Gasteiger partial charge in [0.15, 0.2) is 5.75 Å². The van der Waals surface area contributed by atoms with Crippen LogP contribution in [-0.2, 0) is 27.4 Å². The summed E-state index contributed by atoms with van der Waals surface area (Å²) in [4.78, 5) is 36.0. The van der Waals surface area contributed by atoms with Crippen LogP contribution in [0.2, 0.25) is 0 Å². The number of carboxylic acid groups (broad SMARTS) is 1. The Bertz CT molecular complexity index is 965. The number of methoxy groups -OCH3 is 1. The number of nitrogens with one attached hydrogen (secondary N) is 1. The van der Waals surface area contributed by atoms with Gasteiger partial charge in [-0.15, -0.1) is 0 Å². The normalized spacial score (nSPS) is 22.6. The first kappa shape index (κ1) is 22.8. The first-order chi connectivity index (χ1) is 14.6. The van der Waals surface area contributed by atoms with Gasteiger partial charge in [-0.05, 0) is 31.9 Å². The van der Waals surface area contributed by atoms with Crippen molar-refractivity contribution in [2.45, 2.75) is 47.1 Å². The number of hydrogen-bond acceptors (Lipinski definition) is 7. The molecule has 0 amide bonds. The number of carboxylic acids is 1. The molecule has 2 aliphatic rings. The number of esters is 2. The number of ether oxygens (including phenoxy) is 3. The highest BCUT2D eigenvalue weighted by Crippen LogP contribution is 2.44. The molecule has 8 heteroatoms. The van der Waals surface area contributed by atoms with Gasteiger partial charge in [-0.1, -0.05) is 25.5 Å². The molecule has 1 fully saturated rings. The topological polar surface area (TPSA) is 111 Å².